The predicted octanol–water partition coefficient (Wildman–Crippen LogP) is 2.97. The third kappa shape index (κ3) is 5.61. The molecule has 0 spiro atoms. The van der Waals surface area contributed by atoms with E-state index in [1.54, 1.807) is 0 Å². The quantitative estimate of drug-likeness (QED) is 0.770. The van der Waals surface area contributed by atoms with Gasteiger partial charge >= 0.3 is 0 Å². The Bertz CT molecular complexity index is 371. The zero-order valence-corrected chi connectivity index (χ0v) is 13.3. The number of benzene rings is 1. The molecule has 1 aromatic rings. The Balaban J connectivity index is 2.52. The average molecular weight is 330 g/mol. The van der Waals surface area contributed by atoms with Gasteiger partial charge in [0.2, 0.25) is 0 Å². The van der Waals surface area contributed by atoms with Gasteiger partial charge in [-0.2, -0.15) is 0 Å². The lowest BCUT2D eigenvalue weighted by Gasteiger charge is -2.27. The van der Waals surface area contributed by atoms with Gasteiger partial charge in [0.25, 0.3) is 0 Å². The molecule has 0 saturated carbocycles. The Hall–Kier alpha value is -0.420. The van der Waals surface area contributed by atoms with Crippen LogP contribution in [0.25, 0.3) is 0 Å². The summed E-state index contributed by atoms with van der Waals surface area (Å²) < 4.78 is 0.953. The second kappa shape index (κ2) is 8.69. The van der Waals surface area contributed by atoms with Gasteiger partial charge in [-0.25, -0.2) is 0 Å². The first-order valence-electron chi connectivity index (χ1n) is 6.83. The minimum Gasteiger partial charge on any atom is -0.396 e. The van der Waals surface area contributed by atoms with Gasteiger partial charge in [-0.1, -0.05) is 34.1 Å². The molecule has 0 aliphatic carbocycles. The Morgan fingerprint density at radius 1 is 1.21 bits per heavy atom. The van der Waals surface area contributed by atoms with Crippen LogP contribution in [0.2, 0.25) is 0 Å². The van der Waals surface area contributed by atoms with E-state index >= 15 is 0 Å². The van der Waals surface area contributed by atoms with Crippen LogP contribution in [0.1, 0.15) is 38.4 Å². The zero-order valence-electron chi connectivity index (χ0n) is 11.7. The molecule has 0 bridgehead atoms. The van der Waals surface area contributed by atoms with E-state index in [1.165, 1.54) is 0 Å². The summed E-state index contributed by atoms with van der Waals surface area (Å²) in [6, 6.07) is 8.21. The maximum absolute atomic E-state index is 10.3. The molecule has 1 unspecified atom stereocenters. The Morgan fingerprint density at radius 2 is 1.89 bits per heavy atom. The van der Waals surface area contributed by atoms with Gasteiger partial charge in [0, 0.05) is 30.2 Å². The molecule has 108 valence electrons. The Kier molecular flexibility index (Phi) is 7.61. The molecule has 0 radical (unpaired) electrons. The standard InChI is InChI=1S/C15H24BrNO2/c1-12(2)17(9-5-11-18)10-8-15(19)13-6-3-4-7-14(13)16/h3-4,6-7,12,15,18-19H,5,8-11H2,1-2H3. The molecule has 0 aliphatic heterocycles. The molecular formula is C15H24BrNO2. The van der Waals surface area contributed by atoms with Crippen LogP contribution < -0.4 is 0 Å². The van der Waals surface area contributed by atoms with E-state index in [1.807, 2.05) is 24.3 Å². The lowest BCUT2D eigenvalue weighted by Crippen LogP contribution is -2.34. The van der Waals surface area contributed by atoms with Crippen molar-refractivity contribution in [1.82, 2.24) is 4.90 Å². The molecule has 19 heavy (non-hydrogen) atoms. The van der Waals surface area contributed by atoms with Gasteiger partial charge < -0.3 is 15.1 Å². The highest BCUT2D eigenvalue weighted by atomic mass is 79.9. The summed E-state index contributed by atoms with van der Waals surface area (Å²) in [4.78, 5) is 2.29. The number of aliphatic hydroxyl groups is 2. The van der Waals surface area contributed by atoms with E-state index in [4.69, 9.17) is 5.11 Å². The van der Waals surface area contributed by atoms with Crippen LogP contribution in [-0.4, -0.2) is 40.9 Å². The van der Waals surface area contributed by atoms with Crippen LogP contribution in [0.4, 0.5) is 0 Å². The monoisotopic (exact) mass is 329 g/mol. The fourth-order valence-electron chi connectivity index (χ4n) is 2.09. The second-order valence-electron chi connectivity index (χ2n) is 5.03. The highest BCUT2D eigenvalue weighted by Crippen LogP contribution is 2.25. The molecule has 1 atom stereocenters. The summed E-state index contributed by atoms with van der Waals surface area (Å²) in [7, 11) is 0. The summed E-state index contributed by atoms with van der Waals surface area (Å²) >= 11 is 3.47. The molecule has 0 fully saturated rings. The molecule has 0 heterocycles. The van der Waals surface area contributed by atoms with Crippen molar-refractivity contribution in [2.24, 2.45) is 0 Å². The first kappa shape index (κ1) is 16.6. The van der Waals surface area contributed by atoms with Crippen LogP contribution >= 0.6 is 15.9 Å². The molecule has 0 aliphatic rings. The number of rotatable bonds is 8. The summed E-state index contributed by atoms with van der Waals surface area (Å²) in [5.41, 5.74) is 0.938. The normalized spacial score (nSPS) is 13.2. The number of hydrogen-bond acceptors (Lipinski definition) is 3. The fourth-order valence-corrected chi connectivity index (χ4v) is 2.64. The minimum atomic E-state index is -0.453. The van der Waals surface area contributed by atoms with Gasteiger partial charge in [-0.15, -0.1) is 0 Å². The number of halogens is 1. The van der Waals surface area contributed by atoms with Crippen LogP contribution in [0.5, 0.6) is 0 Å². The van der Waals surface area contributed by atoms with Crippen molar-refractivity contribution in [2.75, 3.05) is 19.7 Å². The number of hydrogen-bond donors (Lipinski definition) is 2. The van der Waals surface area contributed by atoms with Gasteiger partial charge in [-0.3, -0.25) is 0 Å². The van der Waals surface area contributed by atoms with Crippen molar-refractivity contribution in [2.45, 2.75) is 38.8 Å². The van der Waals surface area contributed by atoms with Crippen molar-refractivity contribution < 1.29 is 10.2 Å². The molecule has 3 nitrogen and oxygen atoms in total. The van der Waals surface area contributed by atoms with E-state index in [2.05, 4.69) is 34.7 Å². The van der Waals surface area contributed by atoms with E-state index < -0.39 is 6.10 Å². The average Bonchev–Trinajstić information content (AvgIpc) is 2.38. The van der Waals surface area contributed by atoms with Crippen LogP contribution in [0.3, 0.4) is 0 Å². The molecule has 2 N–H and O–H groups in total. The molecular weight excluding hydrogens is 306 g/mol. The van der Waals surface area contributed by atoms with Crippen molar-refractivity contribution in [3.63, 3.8) is 0 Å². The number of nitrogens with zero attached hydrogens (tertiary/aromatic N) is 1. The summed E-state index contributed by atoms with van der Waals surface area (Å²) in [6.45, 7) is 6.21. The maximum atomic E-state index is 10.3. The Morgan fingerprint density at radius 3 is 2.47 bits per heavy atom. The predicted molar refractivity (Wildman–Crippen MR) is 82.1 cm³/mol. The molecule has 4 heteroatoms. The highest BCUT2D eigenvalue weighted by Gasteiger charge is 2.14. The third-order valence-electron chi connectivity index (χ3n) is 3.29. The molecule has 0 saturated heterocycles. The van der Waals surface area contributed by atoms with Crippen LogP contribution in [0.15, 0.2) is 28.7 Å². The van der Waals surface area contributed by atoms with Crippen molar-refractivity contribution >= 4 is 15.9 Å². The summed E-state index contributed by atoms with van der Waals surface area (Å²) in [6.07, 6.45) is 1.03. The fraction of sp³-hybridized carbons (Fsp3) is 0.600. The van der Waals surface area contributed by atoms with E-state index in [-0.39, 0.29) is 6.61 Å². The lowest BCUT2D eigenvalue weighted by atomic mass is 10.1. The zero-order chi connectivity index (χ0) is 14.3. The maximum Gasteiger partial charge on any atom is 0.0813 e. The van der Waals surface area contributed by atoms with Crippen LogP contribution in [0, 0.1) is 0 Å². The lowest BCUT2D eigenvalue weighted by molar-refractivity contribution is 0.125. The summed E-state index contributed by atoms with van der Waals surface area (Å²) in [5, 5.41) is 19.2. The SMILES string of the molecule is CC(C)N(CCCO)CCC(O)c1ccccc1Br. The van der Waals surface area contributed by atoms with E-state index in [0.29, 0.717) is 12.5 Å². The molecule has 0 aromatic heterocycles. The van der Waals surface area contributed by atoms with Gasteiger partial charge in [-0.05, 0) is 38.3 Å². The third-order valence-corrected chi connectivity index (χ3v) is 4.01. The minimum absolute atomic E-state index is 0.218. The van der Waals surface area contributed by atoms with Crippen molar-refractivity contribution in [1.29, 1.82) is 0 Å². The molecule has 1 aromatic carbocycles. The van der Waals surface area contributed by atoms with Gasteiger partial charge in [0.05, 0.1) is 6.10 Å². The smallest absolute Gasteiger partial charge is 0.0813 e. The topological polar surface area (TPSA) is 43.7 Å². The van der Waals surface area contributed by atoms with Crippen molar-refractivity contribution in [3.05, 3.63) is 34.3 Å². The summed E-state index contributed by atoms with van der Waals surface area (Å²) in [5.74, 6) is 0. The van der Waals surface area contributed by atoms with E-state index in [0.717, 1.165) is 29.5 Å². The van der Waals surface area contributed by atoms with Gasteiger partial charge in [0.15, 0.2) is 0 Å². The van der Waals surface area contributed by atoms with Crippen molar-refractivity contribution in [3.8, 4) is 0 Å². The van der Waals surface area contributed by atoms with Crippen LogP contribution in [-0.2, 0) is 0 Å². The Labute approximate surface area is 124 Å². The molecule has 0 amide bonds. The first-order valence-corrected chi connectivity index (χ1v) is 7.63. The highest BCUT2D eigenvalue weighted by molar-refractivity contribution is 9.10. The first-order chi connectivity index (χ1) is 9.06. The second-order valence-corrected chi connectivity index (χ2v) is 5.89. The largest absolute Gasteiger partial charge is 0.396 e. The number of aliphatic hydroxyl groups excluding tert-OH is 2. The van der Waals surface area contributed by atoms with E-state index in [9.17, 15) is 5.11 Å². The molecule has 1 rings (SSSR count). The van der Waals surface area contributed by atoms with Gasteiger partial charge in [0.1, 0.15) is 0 Å².